The summed E-state index contributed by atoms with van der Waals surface area (Å²) in [5.74, 6) is 0.351. The average molecular weight is 196 g/mol. The van der Waals surface area contributed by atoms with Crippen LogP contribution in [0.3, 0.4) is 0 Å². The minimum atomic E-state index is -0.172. The summed E-state index contributed by atoms with van der Waals surface area (Å²) < 4.78 is 0. The largest absolute Gasteiger partial charge is 0.326 e. The molecule has 14 heavy (non-hydrogen) atoms. The Kier molecular flexibility index (Phi) is 2.52. The first-order valence-corrected chi connectivity index (χ1v) is 5.78. The first-order valence-electron chi connectivity index (χ1n) is 5.78. The highest BCUT2D eigenvalue weighted by molar-refractivity contribution is 5.89. The van der Waals surface area contributed by atoms with Gasteiger partial charge in [0.1, 0.15) is 0 Å². The van der Waals surface area contributed by atoms with Crippen LogP contribution in [-0.2, 0) is 4.79 Å². The van der Waals surface area contributed by atoms with E-state index in [2.05, 4.69) is 19.2 Å². The van der Waals surface area contributed by atoms with Crippen LogP contribution < -0.4 is 5.32 Å². The Morgan fingerprint density at radius 3 is 2.71 bits per heavy atom. The summed E-state index contributed by atoms with van der Waals surface area (Å²) in [5, 5.41) is 3.49. The van der Waals surface area contributed by atoms with Gasteiger partial charge in [-0.2, -0.15) is 0 Å². The lowest BCUT2D eigenvalue weighted by molar-refractivity contribution is -0.133. The molecular formula is C11H20N2O. The highest BCUT2D eigenvalue weighted by Gasteiger charge is 2.50. The smallest absolute Gasteiger partial charge is 0.244 e. The summed E-state index contributed by atoms with van der Waals surface area (Å²) in [6.07, 6.45) is 5.76. The van der Waals surface area contributed by atoms with Crippen LogP contribution in [-0.4, -0.2) is 29.1 Å². The van der Waals surface area contributed by atoms with Crippen LogP contribution in [0.5, 0.6) is 0 Å². The molecule has 1 saturated heterocycles. The number of nitrogens with one attached hydrogen (secondary N) is 1. The van der Waals surface area contributed by atoms with Crippen molar-refractivity contribution in [3.05, 3.63) is 0 Å². The molecule has 0 bridgehead atoms. The Labute approximate surface area is 85.8 Å². The standard InChI is InChI=1S/C11H20N2O/c1-3-8-13-9(2)12-11(10(13)14)6-4-5-7-11/h9,12H,3-8H2,1-2H3. The number of nitrogens with zero attached hydrogens (tertiary/aromatic N) is 1. The molecule has 1 heterocycles. The number of rotatable bonds is 2. The summed E-state index contributed by atoms with van der Waals surface area (Å²) in [4.78, 5) is 14.2. The van der Waals surface area contributed by atoms with Crippen molar-refractivity contribution in [2.45, 2.75) is 57.7 Å². The maximum absolute atomic E-state index is 12.2. The first-order chi connectivity index (χ1) is 6.69. The van der Waals surface area contributed by atoms with E-state index in [-0.39, 0.29) is 11.7 Å². The van der Waals surface area contributed by atoms with Crippen molar-refractivity contribution >= 4 is 5.91 Å². The predicted octanol–water partition coefficient (Wildman–Crippen LogP) is 1.49. The monoisotopic (exact) mass is 196 g/mol. The van der Waals surface area contributed by atoms with E-state index in [0.29, 0.717) is 5.91 Å². The molecule has 3 nitrogen and oxygen atoms in total. The predicted molar refractivity (Wildman–Crippen MR) is 55.8 cm³/mol. The second-order valence-electron chi connectivity index (χ2n) is 4.61. The van der Waals surface area contributed by atoms with Gasteiger partial charge in [-0.05, 0) is 26.2 Å². The van der Waals surface area contributed by atoms with Gasteiger partial charge < -0.3 is 4.90 Å². The minimum absolute atomic E-state index is 0.172. The molecule has 2 aliphatic rings. The van der Waals surface area contributed by atoms with Crippen LogP contribution >= 0.6 is 0 Å². The molecule has 2 fully saturated rings. The van der Waals surface area contributed by atoms with Crippen LogP contribution in [0, 0.1) is 0 Å². The molecule has 0 aromatic rings. The highest BCUT2D eigenvalue weighted by Crippen LogP contribution is 2.36. The van der Waals surface area contributed by atoms with Crippen LogP contribution in [0.4, 0.5) is 0 Å². The molecule has 2 rings (SSSR count). The summed E-state index contributed by atoms with van der Waals surface area (Å²) in [5.41, 5.74) is -0.172. The van der Waals surface area contributed by atoms with E-state index in [1.54, 1.807) is 0 Å². The van der Waals surface area contributed by atoms with E-state index in [1.165, 1.54) is 12.8 Å². The van der Waals surface area contributed by atoms with Crippen molar-refractivity contribution in [2.24, 2.45) is 0 Å². The topological polar surface area (TPSA) is 32.3 Å². The van der Waals surface area contributed by atoms with Gasteiger partial charge in [-0.1, -0.05) is 19.8 Å². The van der Waals surface area contributed by atoms with Gasteiger partial charge in [-0.25, -0.2) is 0 Å². The van der Waals surface area contributed by atoms with E-state index in [1.807, 2.05) is 4.90 Å². The fourth-order valence-corrected chi connectivity index (χ4v) is 2.86. The molecule has 0 radical (unpaired) electrons. The lowest BCUT2D eigenvalue weighted by atomic mass is 9.98. The molecular weight excluding hydrogens is 176 g/mol. The van der Waals surface area contributed by atoms with Crippen LogP contribution in [0.2, 0.25) is 0 Å². The molecule has 1 amide bonds. The quantitative estimate of drug-likeness (QED) is 0.725. The molecule has 1 unspecified atom stereocenters. The fraction of sp³-hybridized carbons (Fsp3) is 0.909. The van der Waals surface area contributed by atoms with Crippen LogP contribution in [0.1, 0.15) is 46.0 Å². The lowest BCUT2D eigenvalue weighted by Gasteiger charge is -2.21. The Balaban J connectivity index is 2.13. The van der Waals surface area contributed by atoms with Gasteiger partial charge in [0.2, 0.25) is 5.91 Å². The SMILES string of the molecule is CCCN1C(=O)C2(CCCC2)NC1C. The number of hydrogen-bond donors (Lipinski definition) is 1. The van der Waals surface area contributed by atoms with Crippen molar-refractivity contribution in [3.63, 3.8) is 0 Å². The summed E-state index contributed by atoms with van der Waals surface area (Å²) >= 11 is 0. The second-order valence-corrected chi connectivity index (χ2v) is 4.61. The first kappa shape index (κ1) is 9.97. The molecule has 80 valence electrons. The summed E-state index contributed by atoms with van der Waals surface area (Å²) in [7, 11) is 0. The second kappa shape index (κ2) is 3.54. The van der Waals surface area contributed by atoms with Crippen LogP contribution in [0.25, 0.3) is 0 Å². The lowest BCUT2D eigenvalue weighted by Crippen LogP contribution is -2.44. The van der Waals surface area contributed by atoms with Crippen LogP contribution in [0.15, 0.2) is 0 Å². The molecule has 1 aliphatic carbocycles. The van der Waals surface area contributed by atoms with Gasteiger partial charge in [0.05, 0.1) is 11.7 Å². The molecule has 0 aromatic heterocycles. The van der Waals surface area contributed by atoms with Gasteiger partial charge in [0.25, 0.3) is 0 Å². The molecule has 1 spiro atoms. The summed E-state index contributed by atoms with van der Waals surface area (Å²) in [6, 6.07) is 0. The number of amides is 1. The third-order valence-corrected chi connectivity index (χ3v) is 3.54. The molecule has 0 aromatic carbocycles. The van der Waals surface area contributed by atoms with E-state index in [0.717, 1.165) is 25.8 Å². The minimum Gasteiger partial charge on any atom is -0.326 e. The van der Waals surface area contributed by atoms with Gasteiger partial charge in [-0.3, -0.25) is 10.1 Å². The molecule has 1 atom stereocenters. The zero-order valence-corrected chi connectivity index (χ0v) is 9.18. The molecule has 1 saturated carbocycles. The zero-order valence-electron chi connectivity index (χ0n) is 9.18. The van der Waals surface area contributed by atoms with E-state index < -0.39 is 0 Å². The zero-order chi connectivity index (χ0) is 10.2. The fourth-order valence-electron chi connectivity index (χ4n) is 2.86. The Morgan fingerprint density at radius 2 is 2.14 bits per heavy atom. The average Bonchev–Trinajstić information content (AvgIpc) is 2.69. The molecule has 3 heteroatoms. The van der Waals surface area contributed by atoms with Gasteiger partial charge in [-0.15, -0.1) is 0 Å². The third-order valence-electron chi connectivity index (χ3n) is 3.54. The van der Waals surface area contributed by atoms with Crippen molar-refractivity contribution in [1.82, 2.24) is 10.2 Å². The van der Waals surface area contributed by atoms with Crippen molar-refractivity contribution in [3.8, 4) is 0 Å². The summed E-state index contributed by atoms with van der Waals surface area (Å²) in [6.45, 7) is 5.12. The molecule has 1 N–H and O–H groups in total. The Bertz CT molecular complexity index is 233. The number of hydrogen-bond acceptors (Lipinski definition) is 2. The molecule has 1 aliphatic heterocycles. The normalized spacial score (nSPS) is 30.6. The van der Waals surface area contributed by atoms with Gasteiger partial charge >= 0.3 is 0 Å². The highest BCUT2D eigenvalue weighted by atomic mass is 16.2. The van der Waals surface area contributed by atoms with E-state index in [9.17, 15) is 4.79 Å². The number of carbonyl (C=O) groups is 1. The Morgan fingerprint density at radius 1 is 1.50 bits per heavy atom. The maximum Gasteiger partial charge on any atom is 0.244 e. The Hall–Kier alpha value is -0.570. The van der Waals surface area contributed by atoms with E-state index in [4.69, 9.17) is 0 Å². The van der Waals surface area contributed by atoms with E-state index >= 15 is 0 Å². The van der Waals surface area contributed by atoms with Gasteiger partial charge in [0.15, 0.2) is 0 Å². The van der Waals surface area contributed by atoms with Crippen molar-refractivity contribution in [1.29, 1.82) is 0 Å². The van der Waals surface area contributed by atoms with Crippen molar-refractivity contribution < 1.29 is 4.79 Å². The number of carbonyl (C=O) groups excluding carboxylic acids is 1. The maximum atomic E-state index is 12.2. The van der Waals surface area contributed by atoms with Crippen molar-refractivity contribution in [2.75, 3.05) is 6.54 Å². The third kappa shape index (κ3) is 1.34. The van der Waals surface area contributed by atoms with Gasteiger partial charge in [0, 0.05) is 6.54 Å².